The smallest absolute Gasteiger partial charge is 0.0738 e. The molecule has 114 valence electrons. The molecule has 1 aliphatic rings. The van der Waals surface area contributed by atoms with Gasteiger partial charge in [0.05, 0.1) is 15.9 Å². The molecule has 1 saturated carbocycles. The van der Waals surface area contributed by atoms with E-state index in [0.717, 1.165) is 17.4 Å². The Morgan fingerprint density at radius 2 is 2.10 bits per heavy atom. The van der Waals surface area contributed by atoms with E-state index in [1.54, 1.807) is 0 Å². The van der Waals surface area contributed by atoms with Crippen molar-refractivity contribution in [1.29, 1.82) is 0 Å². The van der Waals surface area contributed by atoms with Crippen molar-refractivity contribution in [1.82, 2.24) is 15.1 Å². The van der Waals surface area contributed by atoms with Crippen molar-refractivity contribution in [3.05, 3.63) is 15.9 Å². The number of aromatic nitrogens is 2. The molecule has 1 aromatic rings. The van der Waals surface area contributed by atoms with Gasteiger partial charge in [-0.1, -0.05) is 19.3 Å². The predicted octanol–water partition coefficient (Wildman–Crippen LogP) is 3.69. The third kappa shape index (κ3) is 4.25. The van der Waals surface area contributed by atoms with Crippen LogP contribution < -0.4 is 5.32 Å². The number of halogens is 1. The molecule has 5 heteroatoms. The highest BCUT2D eigenvalue weighted by Crippen LogP contribution is 2.29. The van der Waals surface area contributed by atoms with Gasteiger partial charge in [-0.05, 0) is 42.7 Å². The molecule has 1 aliphatic carbocycles. The number of nitrogens with one attached hydrogen (secondary N) is 1. The molecule has 0 spiro atoms. The number of likely N-dealkylation sites (N-methyl/N-ethyl adjacent to an activating group) is 1. The van der Waals surface area contributed by atoms with E-state index >= 15 is 0 Å². The van der Waals surface area contributed by atoms with E-state index in [9.17, 15) is 0 Å². The maximum absolute atomic E-state index is 4.48. The molecule has 1 atom stereocenters. The lowest BCUT2D eigenvalue weighted by Gasteiger charge is -2.24. The first-order valence-corrected chi connectivity index (χ1v) is 9.42. The van der Waals surface area contributed by atoms with Crippen LogP contribution in [0.3, 0.4) is 0 Å². The van der Waals surface area contributed by atoms with Crippen LogP contribution in [0.1, 0.15) is 43.5 Å². The first kappa shape index (κ1) is 16.4. The molecule has 0 aliphatic heterocycles. The van der Waals surface area contributed by atoms with Gasteiger partial charge < -0.3 is 5.32 Å². The van der Waals surface area contributed by atoms with Crippen LogP contribution in [0.25, 0.3) is 0 Å². The highest BCUT2D eigenvalue weighted by molar-refractivity contribution is 9.10. The number of rotatable bonds is 6. The summed E-state index contributed by atoms with van der Waals surface area (Å²) in [5.41, 5.74) is 2.38. The van der Waals surface area contributed by atoms with Gasteiger partial charge in [-0.2, -0.15) is 16.9 Å². The molecule has 2 rings (SSSR count). The molecule has 20 heavy (non-hydrogen) atoms. The van der Waals surface area contributed by atoms with E-state index in [4.69, 9.17) is 0 Å². The van der Waals surface area contributed by atoms with E-state index in [1.807, 2.05) is 11.7 Å². The maximum Gasteiger partial charge on any atom is 0.0738 e. The average Bonchev–Trinajstić information content (AvgIpc) is 2.70. The summed E-state index contributed by atoms with van der Waals surface area (Å²) in [6, 6.07) is 0.521. The van der Waals surface area contributed by atoms with Crippen LogP contribution in [-0.2, 0) is 13.5 Å². The quantitative estimate of drug-likeness (QED) is 0.839. The van der Waals surface area contributed by atoms with E-state index < -0.39 is 0 Å². The summed E-state index contributed by atoms with van der Waals surface area (Å²) in [6.07, 6.45) is 8.15. The molecule has 1 unspecified atom stereocenters. The third-order valence-corrected chi connectivity index (χ3v) is 6.76. The molecule has 0 bridgehead atoms. The van der Waals surface area contributed by atoms with E-state index in [1.165, 1.54) is 48.0 Å². The second-order valence-electron chi connectivity index (χ2n) is 5.75. The van der Waals surface area contributed by atoms with Crippen molar-refractivity contribution < 1.29 is 0 Å². The largest absolute Gasteiger partial charge is 0.316 e. The van der Waals surface area contributed by atoms with Crippen LogP contribution in [0, 0.1) is 6.92 Å². The van der Waals surface area contributed by atoms with Gasteiger partial charge in [-0.3, -0.25) is 4.68 Å². The summed E-state index contributed by atoms with van der Waals surface area (Å²) in [4.78, 5) is 0. The molecule has 0 aromatic carbocycles. The lowest BCUT2D eigenvalue weighted by molar-refractivity contribution is 0.513. The summed E-state index contributed by atoms with van der Waals surface area (Å²) in [5, 5.41) is 8.84. The topological polar surface area (TPSA) is 29.9 Å². The highest BCUT2D eigenvalue weighted by atomic mass is 79.9. The molecular formula is C15H26BrN3S. The van der Waals surface area contributed by atoms with Gasteiger partial charge in [-0.25, -0.2) is 0 Å². The zero-order valence-corrected chi connectivity index (χ0v) is 15.2. The second kappa shape index (κ2) is 7.85. The van der Waals surface area contributed by atoms with Crippen LogP contribution in [0.4, 0.5) is 0 Å². The van der Waals surface area contributed by atoms with Crippen LogP contribution in [0.5, 0.6) is 0 Å². The first-order chi connectivity index (χ1) is 9.61. The van der Waals surface area contributed by atoms with Gasteiger partial charge in [0, 0.05) is 30.5 Å². The fourth-order valence-corrected chi connectivity index (χ4v) is 4.82. The van der Waals surface area contributed by atoms with Gasteiger partial charge in [-0.15, -0.1) is 0 Å². The minimum absolute atomic E-state index is 0.521. The second-order valence-corrected chi connectivity index (χ2v) is 7.88. The number of nitrogens with zero attached hydrogens (tertiary/aromatic N) is 2. The Morgan fingerprint density at radius 3 is 2.65 bits per heavy atom. The van der Waals surface area contributed by atoms with Crippen molar-refractivity contribution in [2.24, 2.45) is 7.05 Å². The molecule has 0 saturated heterocycles. The third-order valence-electron chi connectivity index (χ3n) is 4.19. The molecule has 1 heterocycles. The van der Waals surface area contributed by atoms with E-state index in [2.05, 4.69) is 52.1 Å². The number of hydrogen-bond donors (Lipinski definition) is 1. The van der Waals surface area contributed by atoms with Gasteiger partial charge in [0.25, 0.3) is 0 Å². The van der Waals surface area contributed by atoms with Crippen LogP contribution in [0.15, 0.2) is 4.47 Å². The van der Waals surface area contributed by atoms with Crippen molar-refractivity contribution in [3.8, 4) is 0 Å². The summed E-state index contributed by atoms with van der Waals surface area (Å²) in [6.45, 7) is 2.05. The monoisotopic (exact) mass is 359 g/mol. The normalized spacial score (nSPS) is 18.4. The maximum atomic E-state index is 4.48. The number of hydrogen-bond acceptors (Lipinski definition) is 3. The predicted molar refractivity (Wildman–Crippen MR) is 91.5 cm³/mol. The molecule has 0 radical (unpaired) electrons. The van der Waals surface area contributed by atoms with Crippen molar-refractivity contribution >= 4 is 27.7 Å². The molecular weight excluding hydrogens is 334 g/mol. The van der Waals surface area contributed by atoms with Crippen molar-refractivity contribution in [2.75, 3.05) is 12.8 Å². The summed E-state index contributed by atoms with van der Waals surface area (Å²) in [7, 11) is 4.11. The molecule has 0 amide bonds. The van der Waals surface area contributed by atoms with Crippen LogP contribution in [0.2, 0.25) is 0 Å². The Morgan fingerprint density at radius 1 is 1.40 bits per heavy atom. The average molecular weight is 360 g/mol. The van der Waals surface area contributed by atoms with Crippen LogP contribution in [-0.4, -0.2) is 33.9 Å². The Balaban J connectivity index is 1.88. The number of thioether (sulfide) groups is 1. The Hall–Kier alpha value is 0. The van der Waals surface area contributed by atoms with Gasteiger partial charge >= 0.3 is 0 Å². The van der Waals surface area contributed by atoms with Gasteiger partial charge in [0.1, 0.15) is 0 Å². The lowest BCUT2D eigenvalue weighted by atomic mass is 10.0. The molecule has 3 nitrogen and oxygen atoms in total. The molecule has 1 aromatic heterocycles. The first-order valence-electron chi connectivity index (χ1n) is 7.58. The molecule has 1 N–H and O–H groups in total. The summed E-state index contributed by atoms with van der Waals surface area (Å²) >= 11 is 5.83. The van der Waals surface area contributed by atoms with Crippen molar-refractivity contribution in [2.45, 2.75) is 56.7 Å². The van der Waals surface area contributed by atoms with Gasteiger partial charge in [0.2, 0.25) is 0 Å². The SMILES string of the molecule is CNC(CSC1CCCCC1)Cc1c(Br)c(C)nn1C. The Kier molecular flexibility index (Phi) is 6.43. The fourth-order valence-electron chi connectivity index (χ4n) is 2.86. The lowest BCUT2D eigenvalue weighted by Crippen LogP contribution is -2.32. The van der Waals surface area contributed by atoms with E-state index in [0.29, 0.717) is 6.04 Å². The summed E-state index contributed by atoms with van der Waals surface area (Å²) in [5.74, 6) is 1.19. The van der Waals surface area contributed by atoms with Gasteiger partial charge in [0.15, 0.2) is 0 Å². The Labute approximate surface area is 135 Å². The number of aryl methyl sites for hydroxylation is 2. The van der Waals surface area contributed by atoms with E-state index in [-0.39, 0.29) is 0 Å². The fraction of sp³-hybridized carbons (Fsp3) is 0.800. The minimum Gasteiger partial charge on any atom is -0.316 e. The highest BCUT2D eigenvalue weighted by Gasteiger charge is 2.19. The van der Waals surface area contributed by atoms with Crippen molar-refractivity contribution in [3.63, 3.8) is 0 Å². The molecule has 1 fully saturated rings. The standard InChI is InChI=1S/C15H26BrN3S/c1-11-15(16)14(19(3)18-11)9-12(17-2)10-20-13-7-5-4-6-8-13/h12-13,17H,4-10H2,1-3H3. The zero-order valence-electron chi connectivity index (χ0n) is 12.8. The Bertz CT molecular complexity index is 427. The minimum atomic E-state index is 0.521. The zero-order chi connectivity index (χ0) is 14.5. The summed E-state index contributed by atoms with van der Waals surface area (Å²) < 4.78 is 3.18. The van der Waals surface area contributed by atoms with Crippen LogP contribution >= 0.6 is 27.7 Å².